The molecule has 4 atom stereocenters. The van der Waals surface area contributed by atoms with Gasteiger partial charge in [-0.25, -0.2) is 4.79 Å². The molecule has 2 aromatic carbocycles. The molecule has 2 aliphatic rings. The van der Waals surface area contributed by atoms with E-state index >= 15 is 0 Å². The number of hydrogen-bond acceptors (Lipinski definition) is 6. The summed E-state index contributed by atoms with van der Waals surface area (Å²) in [5.74, 6) is -0.766. The van der Waals surface area contributed by atoms with Crippen LogP contribution in [0.2, 0.25) is 0 Å². The van der Waals surface area contributed by atoms with E-state index in [1.165, 1.54) is 11.1 Å². The van der Waals surface area contributed by atoms with Crippen LogP contribution in [-0.4, -0.2) is 52.1 Å². The summed E-state index contributed by atoms with van der Waals surface area (Å²) in [6, 6.07) is 17.9. The molecule has 1 unspecified atom stereocenters. The Hall–Kier alpha value is -3.33. The number of ether oxygens (including phenoxy) is 1. The number of amides is 1. The quantitative estimate of drug-likeness (QED) is 0.422. The summed E-state index contributed by atoms with van der Waals surface area (Å²) in [7, 11) is -1.46. The van der Waals surface area contributed by atoms with Gasteiger partial charge in [0.1, 0.15) is 11.4 Å². The molecule has 32 heavy (non-hydrogen) atoms. The molecule has 164 valence electrons. The van der Waals surface area contributed by atoms with Crippen LogP contribution in [0.1, 0.15) is 30.6 Å². The summed E-state index contributed by atoms with van der Waals surface area (Å²) in [6.45, 7) is 1.93. The van der Waals surface area contributed by atoms with Gasteiger partial charge in [-0.3, -0.25) is 13.7 Å². The smallest absolute Gasteiger partial charge is 0.331 e. The number of rotatable bonds is 6. The van der Waals surface area contributed by atoms with Gasteiger partial charge in [-0.05, 0) is 18.1 Å². The minimum Gasteiger partial charge on any atom is -0.451 e. The van der Waals surface area contributed by atoms with E-state index < -0.39 is 39.0 Å². The number of aromatic nitrogens is 3. The minimum absolute atomic E-state index is 0.171. The molecule has 1 amide bonds. The molecule has 0 spiro atoms. The average molecular weight is 451 g/mol. The van der Waals surface area contributed by atoms with Crippen molar-refractivity contribution in [2.45, 2.75) is 42.2 Å². The molecule has 5 rings (SSSR count). The van der Waals surface area contributed by atoms with Gasteiger partial charge in [0.05, 0.1) is 34.7 Å². The Morgan fingerprint density at radius 3 is 2.31 bits per heavy atom. The van der Waals surface area contributed by atoms with Crippen LogP contribution in [0.3, 0.4) is 0 Å². The highest BCUT2D eigenvalue weighted by atomic mass is 32.2. The Labute approximate surface area is 187 Å². The van der Waals surface area contributed by atoms with Gasteiger partial charge >= 0.3 is 5.97 Å². The Morgan fingerprint density at radius 1 is 1.16 bits per heavy atom. The molecule has 2 aliphatic heterocycles. The maximum Gasteiger partial charge on any atom is 0.331 e. The lowest BCUT2D eigenvalue weighted by Gasteiger charge is -2.37. The summed E-state index contributed by atoms with van der Waals surface area (Å²) in [4.78, 5) is 27.5. The van der Waals surface area contributed by atoms with E-state index in [9.17, 15) is 13.8 Å². The molecule has 0 N–H and O–H groups in total. The van der Waals surface area contributed by atoms with Crippen LogP contribution in [0.4, 0.5) is 0 Å². The monoisotopic (exact) mass is 450 g/mol. The lowest BCUT2D eigenvalue weighted by Crippen LogP contribution is -2.58. The first kappa shape index (κ1) is 20.6. The van der Waals surface area contributed by atoms with Gasteiger partial charge in [0.25, 0.3) is 0 Å². The van der Waals surface area contributed by atoms with E-state index in [2.05, 4.69) is 10.3 Å². The van der Waals surface area contributed by atoms with E-state index in [0.717, 1.165) is 11.1 Å². The first-order chi connectivity index (χ1) is 15.5. The summed E-state index contributed by atoms with van der Waals surface area (Å²) < 4.78 is 19.9. The predicted molar refractivity (Wildman–Crippen MR) is 116 cm³/mol. The molecule has 0 aliphatic carbocycles. The third-order valence-electron chi connectivity index (χ3n) is 6.12. The lowest BCUT2D eigenvalue weighted by molar-refractivity contribution is -0.164. The van der Waals surface area contributed by atoms with Crippen molar-refractivity contribution >= 4 is 22.7 Å². The first-order valence-corrected chi connectivity index (χ1v) is 11.6. The largest absolute Gasteiger partial charge is 0.451 e. The van der Waals surface area contributed by atoms with Gasteiger partial charge < -0.3 is 9.64 Å². The van der Waals surface area contributed by atoms with Crippen molar-refractivity contribution < 1.29 is 18.5 Å². The molecule has 2 fully saturated rings. The van der Waals surface area contributed by atoms with E-state index in [1.54, 1.807) is 17.8 Å². The van der Waals surface area contributed by atoms with Crippen molar-refractivity contribution in [3.63, 3.8) is 0 Å². The summed E-state index contributed by atoms with van der Waals surface area (Å²) >= 11 is 0. The molecule has 8 nitrogen and oxygen atoms in total. The van der Waals surface area contributed by atoms with Crippen molar-refractivity contribution in [3.8, 4) is 0 Å². The first-order valence-electron chi connectivity index (χ1n) is 10.4. The molecule has 3 heterocycles. The summed E-state index contributed by atoms with van der Waals surface area (Å²) in [6.07, 6.45) is 2.70. The second-order valence-electron chi connectivity index (χ2n) is 8.21. The van der Waals surface area contributed by atoms with Gasteiger partial charge in [0.2, 0.25) is 5.91 Å². The highest BCUT2D eigenvalue weighted by molar-refractivity contribution is 7.87. The fourth-order valence-corrected chi connectivity index (χ4v) is 6.57. The standard InChI is InChI=1S/C23H22N4O4S/c1-23(15-26-13-12-24-25-26)21(27-18(28)14-19(27)32(23)30)22(29)31-20(16-8-4-2-5-9-16)17-10-6-3-7-11-17/h2-13,19-21H,14-15H2,1H3/t19-,21+,23+,32?/m1/s1. The van der Waals surface area contributed by atoms with Crippen molar-refractivity contribution in [1.29, 1.82) is 0 Å². The average Bonchev–Trinajstić information content (AvgIpc) is 3.37. The number of esters is 1. The van der Waals surface area contributed by atoms with Gasteiger partial charge in [-0.2, -0.15) is 0 Å². The number of nitrogens with zero attached hydrogens (tertiary/aromatic N) is 4. The van der Waals surface area contributed by atoms with Crippen molar-refractivity contribution in [2.75, 3.05) is 0 Å². The Balaban J connectivity index is 1.50. The second kappa shape index (κ2) is 7.98. The van der Waals surface area contributed by atoms with Crippen LogP contribution in [0.5, 0.6) is 0 Å². The third-order valence-corrected chi connectivity index (χ3v) is 8.28. The summed E-state index contributed by atoms with van der Waals surface area (Å²) in [5.41, 5.74) is 1.63. The van der Waals surface area contributed by atoms with Crippen molar-refractivity contribution in [3.05, 3.63) is 84.2 Å². The van der Waals surface area contributed by atoms with E-state index in [1.807, 2.05) is 60.7 Å². The van der Waals surface area contributed by atoms with Gasteiger partial charge in [-0.1, -0.05) is 65.9 Å². The number of carbonyl (C=O) groups is 2. The van der Waals surface area contributed by atoms with Crippen LogP contribution in [-0.2, 0) is 31.7 Å². The zero-order valence-electron chi connectivity index (χ0n) is 17.4. The molecule has 2 saturated heterocycles. The highest BCUT2D eigenvalue weighted by Gasteiger charge is 2.65. The second-order valence-corrected chi connectivity index (χ2v) is 10.3. The topological polar surface area (TPSA) is 94.4 Å². The maximum absolute atomic E-state index is 13.6. The SMILES string of the molecule is C[C@]1(Cn2ccnn2)[C@H](C(=O)OC(c2ccccc2)c2ccccc2)N2C(=O)C[C@H]2S1=O. The fourth-order valence-electron chi connectivity index (χ4n) is 4.52. The van der Waals surface area contributed by atoms with Crippen LogP contribution in [0, 0.1) is 0 Å². The molecule has 0 saturated carbocycles. The van der Waals surface area contributed by atoms with Gasteiger partial charge in [-0.15, -0.1) is 5.10 Å². The zero-order chi connectivity index (χ0) is 22.3. The summed E-state index contributed by atoms with van der Waals surface area (Å²) in [5, 5.41) is 7.29. The Kier molecular flexibility index (Phi) is 5.13. The number of carbonyl (C=O) groups excluding carboxylic acids is 2. The van der Waals surface area contributed by atoms with Crippen LogP contribution >= 0.6 is 0 Å². The molecule has 0 bridgehead atoms. The number of benzene rings is 2. The van der Waals surface area contributed by atoms with E-state index in [0.29, 0.717) is 0 Å². The normalized spacial score (nSPS) is 26.6. The third kappa shape index (κ3) is 3.33. The van der Waals surface area contributed by atoms with E-state index in [4.69, 9.17) is 4.74 Å². The van der Waals surface area contributed by atoms with Crippen molar-refractivity contribution in [1.82, 2.24) is 19.9 Å². The molecule has 9 heteroatoms. The number of hydrogen-bond donors (Lipinski definition) is 0. The van der Waals surface area contributed by atoms with Crippen LogP contribution < -0.4 is 0 Å². The Bertz CT molecular complexity index is 1120. The van der Waals surface area contributed by atoms with E-state index in [-0.39, 0.29) is 18.9 Å². The molecule has 3 aromatic rings. The molecular formula is C23H22N4O4S. The maximum atomic E-state index is 13.6. The molecule has 1 aromatic heterocycles. The van der Waals surface area contributed by atoms with Gasteiger partial charge in [0, 0.05) is 6.20 Å². The van der Waals surface area contributed by atoms with Crippen molar-refractivity contribution in [2.24, 2.45) is 0 Å². The van der Waals surface area contributed by atoms with Gasteiger partial charge in [0.15, 0.2) is 6.10 Å². The molecular weight excluding hydrogens is 428 g/mol. The number of β-lactam (4-membered cyclic amide) rings is 1. The zero-order valence-corrected chi connectivity index (χ0v) is 18.2. The highest BCUT2D eigenvalue weighted by Crippen LogP contribution is 2.45. The van der Waals surface area contributed by atoms with Crippen LogP contribution in [0.15, 0.2) is 73.1 Å². The lowest BCUT2D eigenvalue weighted by atomic mass is 9.95. The Morgan fingerprint density at radius 2 is 1.78 bits per heavy atom. The molecule has 0 radical (unpaired) electrons. The van der Waals surface area contributed by atoms with Crippen LogP contribution in [0.25, 0.3) is 0 Å². The fraction of sp³-hybridized carbons (Fsp3) is 0.304. The minimum atomic E-state index is -1.46. The number of fused-ring (bicyclic) bond motifs is 1. The predicted octanol–water partition coefficient (Wildman–Crippen LogP) is 2.06.